The van der Waals surface area contributed by atoms with Crippen LogP contribution in [0.15, 0.2) is 66.7 Å². The average Bonchev–Trinajstić information content (AvgIpc) is 3.19. The fourth-order valence-corrected chi connectivity index (χ4v) is 3.52. The fraction of sp³-hybridized carbons (Fsp3) is 0.200. The second kappa shape index (κ2) is 5.12. The predicted molar refractivity (Wildman–Crippen MR) is 93.4 cm³/mol. The molecule has 1 nitrogen and oxygen atoms in total. The monoisotopic (exact) mass is 307 g/mol. The van der Waals surface area contributed by atoms with E-state index in [4.69, 9.17) is 17.3 Å². The standard InChI is InChI=1S/C20H18ClN/c21-18-9-7-16(8-10-18)19-13-20(19,22)12-14-5-6-15-3-1-2-4-17(15)11-14/h1-11,19H,12-13,22H2. The molecule has 1 aliphatic carbocycles. The Bertz CT molecular complexity index is 824. The first-order valence-electron chi connectivity index (χ1n) is 7.66. The number of fused-ring (bicyclic) bond motifs is 1. The van der Waals surface area contributed by atoms with Crippen molar-refractivity contribution in [3.8, 4) is 0 Å². The molecule has 4 rings (SSSR count). The summed E-state index contributed by atoms with van der Waals surface area (Å²) in [6.45, 7) is 0. The van der Waals surface area contributed by atoms with Crippen LogP contribution >= 0.6 is 11.6 Å². The molecule has 3 aromatic rings. The average molecular weight is 308 g/mol. The van der Waals surface area contributed by atoms with Gasteiger partial charge in [0, 0.05) is 16.5 Å². The van der Waals surface area contributed by atoms with E-state index in [2.05, 4.69) is 54.6 Å². The maximum Gasteiger partial charge on any atom is 0.0406 e. The van der Waals surface area contributed by atoms with E-state index in [0.717, 1.165) is 17.9 Å². The van der Waals surface area contributed by atoms with Gasteiger partial charge in [-0.2, -0.15) is 0 Å². The minimum atomic E-state index is -0.115. The van der Waals surface area contributed by atoms with Gasteiger partial charge in [-0.25, -0.2) is 0 Å². The Labute approximate surface area is 135 Å². The molecule has 0 saturated heterocycles. The normalized spacial score (nSPS) is 23.6. The van der Waals surface area contributed by atoms with Crippen LogP contribution in [-0.2, 0) is 6.42 Å². The Kier molecular flexibility index (Phi) is 3.21. The van der Waals surface area contributed by atoms with Crippen molar-refractivity contribution >= 4 is 22.4 Å². The number of benzene rings is 3. The summed E-state index contributed by atoms with van der Waals surface area (Å²) >= 11 is 5.96. The first kappa shape index (κ1) is 13.8. The molecular weight excluding hydrogens is 290 g/mol. The molecule has 0 spiro atoms. The van der Waals surface area contributed by atoms with Gasteiger partial charge in [0.1, 0.15) is 0 Å². The van der Waals surface area contributed by atoms with Gasteiger partial charge in [0.25, 0.3) is 0 Å². The van der Waals surface area contributed by atoms with Gasteiger partial charge in [0.05, 0.1) is 0 Å². The van der Waals surface area contributed by atoms with Crippen molar-refractivity contribution in [2.24, 2.45) is 5.73 Å². The molecular formula is C20H18ClN. The maximum atomic E-state index is 6.60. The van der Waals surface area contributed by atoms with Gasteiger partial charge < -0.3 is 5.73 Å². The van der Waals surface area contributed by atoms with Gasteiger partial charge in [0.2, 0.25) is 0 Å². The topological polar surface area (TPSA) is 26.0 Å². The third-order valence-electron chi connectivity index (χ3n) is 4.74. The number of nitrogens with two attached hydrogens (primary N) is 1. The Morgan fingerprint density at radius 3 is 2.45 bits per heavy atom. The van der Waals surface area contributed by atoms with Gasteiger partial charge in [-0.15, -0.1) is 0 Å². The number of hydrogen-bond acceptors (Lipinski definition) is 1. The van der Waals surface area contributed by atoms with E-state index in [1.165, 1.54) is 21.9 Å². The van der Waals surface area contributed by atoms with E-state index >= 15 is 0 Å². The molecule has 0 aliphatic heterocycles. The van der Waals surface area contributed by atoms with E-state index in [1.807, 2.05) is 12.1 Å². The van der Waals surface area contributed by atoms with Crippen molar-refractivity contribution < 1.29 is 0 Å². The van der Waals surface area contributed by atoms with Crippen LogP contribution in [0.4, 0.5) is 0 Å². The smallest absolute Gasteiger partial charge is 0.0406 e. The molecule has 0 aromatic heterocycles. The van der Waals surface area contributed by atoms with E-state index < -0.39 is 0 Å². The minimum absolute atomic E-state index is 0.115. The van der Waals surface area contributed by atoms with Gasteiger partial charge in [-0.3, -0.25) is 0 Å². The molecule has 110 valence electrons. The van der Waals surface area contributed by atoms with E-state index in [0.29, 0.717) is 5.92 Å². The van der Waals surface area contributed by atoms with E-state index in [1.54, 1.807) is 0 Å². The molecule has 0 bridgehead atoms. The van der Waals surface area contributed by atoms with Crippen LogP contribution in [0, 0.1) is 0 Å². The van der Waals surface area contributed by atoms with Crippen LogP contribution < -0.4 is 5.73 Å². The van der Waals surface area contributed by atoms with Crippen LogP contribution in [0.3, 0.4) is 0 Å². The molecule has 0 radical (unpaired) electrons. The van der Waals surface area contributed by atoms with Gasteiger partial charge in [-0.05, 0) is 46.9 Å². The zero-order valence-electron chi connectivity index (χ0n) is 12.3. The number of halogens is 1. The lowest BCUT2D eigenvalue weighted by molar-refractivity contribution is 0.646. The number of rotatable bonds is 3. The summed E-state index contributed by atoms with van der Waals surface area (Å²) in [6.07, 6.45) is 1.96. The lowest BCUT2D eigenvalue weighted by Gasteiger charge is -2.13. The second-order valence-electron chi connectivity index (χ2n) is 6.40. The summed E-state index contributed by atoms with van der Waals surface area (Å²) in [5, 5.41) is 3.34. The molecule has 22 heavy (non-hydrogen) atoms. The summed E-state index contributed by atoms with van der Waals surface area (Å²) in [5.74, 6) is 0.441. The van der Waals surface area contributed by atoms with Gasteiger partial charge in [-0.1, -0.05) is 66.2 Å². The van der Waals surface area contributed by atoms with Gasteiger partial charge >= 0.3 is 0 Å². The highest BCUT2D eigenvalue weighted by molar-refractivity contribution is 6.30. The van der Waals surface area contributed by atoms with Crippen LogP contribution in [0.25, 0.3) is 10.8 Å². The van der Waals surface area contributed by atoms with Crippen molar-refractivity contribution in [1.82, 2.24) is 0 Å². The lowest BCUT2D eigenvalue weighted by atomic mass is 9.97. The predicted octanol–water partition coefficient (Wildman–Crippen LogP) is 4.92. The largest absolute Gasteiger partial charge is 0.324 e. The highest BCUT2D eigenvalue weighted by Gasteiger charge is 2.51. The van der Waals surface area contributed by atoms with Crippen molar-refractivity contribution in [1.29, 1.82) is 0 Å². The zero-order chi connectivity index (χ0) is 15.2. The van der Waals surface area contributed by atoms with Crippen molar-refractivity contribution in [3.63, 3.8) is 0 Å². The fourth-order valence-electron chi connectivity index (χ4n) is 3.39. The van der Waals surface area contributed by atoms with E-state index in [-0.39, 0.29) is 5.54 Å². The molecule has 1 fully saturated rings. The lowest BCUT2D eigenvalue weighted by Crippen LogP contribution is -2.27. The number of hydrogen-bond donors (Lipinski definition) is 1. The van der Waals surface area contributed by atoms with Crippen LogP contribution in [0.5, 0.6) is 0 Å². The summed E-state index contributed by atoms with van der Waals surface area (Å²) in [7, 11) is 0. The zero-order valence-corrected chi connectivity index (χ0v) is 13.1. The molecule has 0 amide bonds. The van der Waals surface area contributed by atoms with E-state index in [9.17, 15) is 0 Å². The molecule has 0 heterocycles. The first-order chi connectivity index (χ1) is 10.6. The molecule has 3 aromatic carbocycles. The summed E-state index contributed by atoms with van der Waals surface area (Å²) in [5.41, 5.74) is 9.11. The van der Waals surface area contributed by atoms with Crippen LogP contribution in [0.2, 0.25) is 5.02 Å². The first-order valence-corrected chi connectivity index (χ1v) is 8.04. The molecule has 2 unspecified atom stereocenters. The summed E-state index contributed by atoms with van der Waals surface area (Å²) < 4.78 is 0. The SMILES string of the molecule is NC1(Cc2ccc3ccccc3c2)CC1c1ccc(Cl)cc1. The van der Waals surface area contributed by atoms with Crippen molar-refractivity contribution in [2.45, 2.75) is 24.3 Å². The van der Waals surface area contributed by atoms with Gasteiger partial charge in [0.15, 0.2) is 0 Å². The Morgan fingerprint density at radius 2 is 1.68 bits per heavy atom. The molecule has 1 aliphatic rings. The Morgan fingerprint density at radius 1 is 0.955 bits per heavy atom. The second-order valence-corrected chi connectivity index (χ2v) is 6.84. The molecule has 1 saturated carbocycles. The summed E-state index contributed by atoms with van der Waals surface area (Å²) in [4.78, 5) is 0. The van der Waals surface area contributed by atoms with Crippen LogP contribution in [-0.4, -0.2) is 5.54 Å². The van der Waals surface area contributed by atoms with Crippen molar-refractivity contribution in [3.05, 3.63) is 82.9 Å². The molecule has 2 N–H and O–H groups in total. The third-order valence-corrected chi connectivity index (χ3v) is 4.99. The molecule has 2 heteroatoms. The Hall–Kier alpha value is -1.83. The maximum absolute atomic E-state index is 6.60. The highest BCUT2D eigenvalue weighted by atomic mass is 35.5. The van der Waals surface area contributed by atoms with Crippen LogP contribution in [0.1, 0.15) is 23.5 Å². The summed E-state index contributed by atoms with van der Waals surface area (Å²) in [6, 6.07) is 23.2. The van der Waals surface area contributed by atoms with Crippen molar-refractivity contribution in [2.75, 3.05) is 0 Å². The Balaban J connectivity index is 1.56. The minimum Gasteiger partial charge on any atom is -0.324 e. The third kappa shape index (κ3) is 2.51. The quantitative estimate of drug-likeness (QED) is 0.730. The molecule has 2 atom stereocenters. The highest BCUT2D eigenvalue weighted by Crippen LogP contribution is 2.51.